The third-order valence-corrected chi connectivity index (χ3v) is 6.84. The fraction of sp³-hybridized carbons (Fsp3) is 0.568. The molecule has 2 atom stereocenters. The van der Waals surface area contributed by atoms with Gasteiger partial charge >= 0.3 is 0 Å². The van der Waals surface area contributed by atoms with Crippen molar-refractivity contribution in [2.24, 2.45) is 16.8 Å². The second-order valence-corrected chi connectivity index (χ2v) is 10.4. The largest absolute Gasteiger partial charge is 0.326 e. The number of rotatable bonds is 15. The average Bonchev–Trinajstić information content (AvgIpc) is 2.98. The third kappa shape index (κ3) is 19.1. The number of Topliss-reactive ketones (excluding diaryl/α,β-unsaturated/α-hetero) is 2. The van der Waals surface area contributed by atoms with E-state index in [1.807, 2.05) is 46.8 Å². The van der Waals surface area contributed by atoms with Crippen LogP contribution in [0, 0.1) is 25.7 Å². The number of carbonyl (C=O) groups is 3. The predicted molar refractivity (Wildman–Crippen MR) is 183 cm³/mol. The lowest BCUT2D eigenvalue weighted by Crippen LogP contribution is -2.25. The first-order valence-corrected chi connectivity index (χ1v) is 16.0. The van der Waals surface area contributed by atoms with Crippen LogP contribution in [0.1, 0.15) is 123 Å². The van der Waals surface area contributed by atoms with Crippen LogP contribution in [0.25, 0.3) is 0 Å². The summed E-state index contributed by atoms with van der Waals surface area (Å²) in [5, 5.41) is 2.94. The van der Waals surface area contributed by atoms with E-state index in [9.17, 15) is 14.4 Å². The minimum atomic E-state index is -0.346. The zero-order valence-electron chi connectivity index (χ0n) is 28.4. The Morgan fingerprint density at radius 2 is 1.45 bits per heavy atom. The fourth-order valence-electron chi connectivity index (χ4n) is 4.52. The van der Waals surface area contributed by atoms with Gasteiger partial charge in [-0.3, -0.25) is 9.79 Å². The topological polar surface area (TPSA) is 75.6 Å². The molecule has 0 aliphatic carbocycles. The molecule has 5 heteroatoms. The zero-order chi connectivity index (χ0) is 32.5. The molecule has 2 aromatic rings. The molecular formula is C37H60N2O3. The van der Waals surface area contributed by atoms with Gasteiger partial charge in [0.1, 0.15) is 11.6 Å². The molecule has 0 aliphatic rings. The Kier molecular flexibility index (Phi) is 25.0. The highest BCUT2D eigenvalue weighted by Gasteiger charge is 2.22. The van der Waals surface area contributed by atoms with E-state index in [1.165, 1.54) is 18.1 Å². The molecular weight excluding hydrogens is 520 g/mol. The molecule has 0 spiro atoms. The van der Waals surface area contributed by atoms with Crippen LogP contribution >= 0.6 is 0 Å². The van der Waals surface area contributed by atoms with Crippen LogP contribution in [0.3, 0.4) is 0 Å². The van der Waals surface area contributed by atoms with Crippen molar-refractivity contribution in [1.82, 2.24) is 0 Å². The highest BCUT2D eigenvalue weighted by Crippen LogP contribution is 2.27. The molecule has 5 nitrogen and oxygen atoms in total. The van der Waals surface area contributed by atoms with E-state index in [1.54, 1.807) is 13.0 Å². The van der Waals surface area contributed by atoms with Crippen LogP contribution in [0.5, 0.6) is 0 Å². The summed E-state index contributed by atoms with van der Waals surface area (Å²) in [4.78, 5) is 39.8. The number of carbonyl (C=O) groups excluding carboxylic acids is 3. The third-order valence-electron chi connectivity index (χ3n) is 6.84. The summed E-state index contributed by atoms with van der Waals surface area (Å²) < 4.78 is 0. The number of amides is 1. The maximum Gasteiger partial charge on any atom is 0.227 e. The summed E-state index contributed by atoms with van der Waals surface area (Å²) >= 11 is 0. The maximum atomic E-state index is 12.9. The molecule has 0 radical (unpaired) electrons. The Morgan fingerprint density at radius 1 is 0.833 bits per heavy atom. The van der Waals surface area contributed by atoms with Gasteiger partial charge in [-0.15, -0.1) is 0 Å². The van der Waals surface area contributed by atoms with Gasteiger partial charge in [-0.25, -0.2) is 0 Å². The van der Waals surface area contributed by atoms with Gasteiger partial charge in [0.2, 0.25) is 5.91 Å². The maximum absolute atomic E-state index is 12.9. The number of hydrogen-bond acceptors (Lipinski definition) is 4. The first kappa shape index (κ1) is 41.1. The van der Waals surface area contributed by atoms with Gasteiger partial charge < -0.3 is 14.9 Å². The molecule has 42 heavy (non-hydrogen) atoms. The highest BCUT2D eigenvalue weighted by molar-refractivity contribution is 5.95. The Labute approximate surface area is 258 Å². The van der Waals surface area contributed by atoms with Crippen molar-refractivity contribution in [3.8, 4) is 0 Å². The minimum absolute atomic E-state index is 0.0196. The van der Waals surface area contributed by atoms with Crippen LogP contribution < -0.4 is 5.32 Å². The van der Waals surface area contributed by atoms with Crippen LogP contribution in [0.15, 0.2) is 47.5 Å². The number of nitrogens with one attached hydrogen (secondary N) is 1. The van der Waals surface area contributed by atoms with E-state index >= 15 is 0 Å². The second-order valence-electron chi connectivity index (χ2n) is 10.4. The van der Waals surface area contributed by atoms with Crippen molar-refractivity contribution in [2.45, 2.75) is 127 Å². The number of benzene rings is 2. The van der Waals surface area contributed by atoms with Crippen molar-refractivity contribution in [3.05, 3.63) is 59.2 Å². The van der Waals surface area contributed by atoms with E-state index in [0.717, 1.165) is 49.8 Å². The lowest BCUT2D eigenvalue weighted by Gasteiger charge is -2.20. The molecule has 0 fully saturated rings. The lowest BCUT2D eigenvalue weighted by atomic mass is 9.86. The molecule has 2 unspecified atom stereocenters. The monoisotopic (exact) mass is 580 g/mol. The van der Waals surface area contributed by atoms with Crippen molar-refractivity contribution in [3.63, 3.8) is 0 Å². The summed E-state index contributed by atoms with van der Waals surface area (Å²) in [5.74, 6) is 0.253. The van der Waals surface area contributed by atoms with Crippen LogP contribution in [0.2, 0.25) is 0 Å². The van der Waals surface area contributed by atoms with E-state index in [4.69, 9.17) is 0 Å². The Hall–Kier alpha value is -3.08. The van der Waals surface area contributed by atoms with E-state index < -0.39 is 0 Å². The highest BCUT2D eigenvalue weighted by atomic mass is 16.2. The Bertz CT molecular complexity index is 1030. The zero-order valence-corrected chi connectivity index (χ0v) is 28.4. The van der Waals surface area contributed by atoms with Crippen LogP contribution in [-0.2, 0) is 20.8 Å². The van der Waals surface area contributed by atoms with Crippen molar-refractivity contribution < 1.29 is 14.4 Å². The summed E-state index contributed by atoms with van der Waals surface area (Å²) in [5.41, 5.74) is 5.15. The van der Waals surface area contributed by atoms with Gasteiger partial charge in [0, 0.05) is 24.4 Å². The average molecular weight is 581 g/mol. The SMILES string of the molecule is C=Nc1cc(NC(=O)C(CCC(CCC)CCCC(C)=O)CC(C)=O)ccc1C.CC.CC.CCc1ccc(C)cc1. The van der Waals surface area contributed by atoms with E-state index in [2.05, 4.69) is 62.1 Å². The summed E-state index contributed by atoms with van der Waals surface area (Å²) in [7, 11) is 0. The standard InChI is InChI=1S/C24H36N2O3.C9H12.2C2H6/c1-6-8-20(10-7-9-18(3)27)12-13-21(15-19(4)28)24(29)26-22-14-11-17(2)23(16-22)25-5;1-3-9-6-4-8(2)5-7-9;2*1-2/h11,14,16,20-21H,5-10,12-13,15H2,1-4H3,(H,26,29);4-7H,3H2,1-2H3;2*1-2H3. The minimum Gasteiger partial charge on any atom is -0.326 e. The van der Waals surface area contributed by atoms with Crippen molar-refractivity contribution >= 4 is 35.6 Å². The molecule has 0 aliphatic heterocycles. The molecule has 0 aromatic heterocycles. The first-order chi connectivity index (χ1) is 20.1. The summed E-state index contributed by atoms with van der Waals surface area (Å²) in [6.45, 7) is 23.1. The normalized spacial score (nSPS) is 11.2. The number of nitrogens with zero attached hydrogens (tertiary/aromatic N) is 1. The van der Waals surface area contributed by atoms with Gasteiger partial charge in [0.15, 0.2) is 0 Å². The van der Waals surface area contributed by atoms with E-state index in [-0.39, 0.29) is 29.8 Å². The molecule has 0 saturated heterocycles. The number of aliphatic imine (C=N–C) groups is 1. The predicted octanol–water partition coefficient (Wildman–Crippen LogP) is 10.4. The van der Waals surface area contributed by atoms with Gasteiger partial charge in [0.25, 0.3) is 0 Å². The summed E-state index contributed by atoms with van der Waals surface area (Å²) in [6, 6.07) is 14.2. The van der Waals surface area contributed by atoms with Gasteiger partial charge in [-0.2, -0.15) is 0 Å². The smallest absolute Gasteiger partial charge is 0.227 e. The van der Waals surface area contributed by atoms with E-state index in [0.29, 0.717) is 24.4 Å². The molecule has 0 bridgehead atoms. The Morgan fingerprint density at radius 3 is 1.95 bits per heavy atom. The second kappa shape index (κ2) is 25.6. The van der Waals surface area contributed by atoms with Crippen LogP contribution in [-0.4, -0.2) is 24.2 Å². The first-order valence-electron chi connectivity index (χ1n) is 16.0. The van der Waals surface area contributed by atoms with Crippen molar-refractivity contribution in [1.29, 1.82) is 0 Å². The molecule has 236 valence electrons. The van der Waals surface area contributed by atoms with Crippen LogP contribution in [0.4, 0.5) is 11.4 Å². The fourth-order valence-corrected chi connectivity index (χ4v) is 4.52. The van der Waals surface area contributed by atoms with Crippen molar-refractivity contribution in [2.75, 3.05) is 5.32 Å². The van der Waals surface area contributed by atoms with Gasteiger partial charge in [0.05, 0.1) is 5.69 Å². The summed E-state index contributed by atoms with van der Waals surface area (Å²) in [6.07, 6.45) is 7.62. The number of anilines is 1. The van der Waals surface area contributed by atoms with Gasteiger partial charge in [-0.1, -0.05) is 96.7 Å². The molecule has 1 amide bonds. The number of hydrogen-bond donors (Lipinski definition) is 1. The number of aryl methyl sites for hydroxylation is 3. The molecule has 0 saturated carbocycles. The quantitative estimate of drug-likeness (QED) is 0.213. The van der Waals surface area contributed by atoms with Gasteiger partial charge in [-0.05, 0) is 89.3 Å². The Balaban J connectivity index is 0. The molecule has 2 aromatic carbocycles. The molecule has 2 rings (SSSR count). The molecule has 1 N–H and O–H groups in total. The lowest BCUT2D eigenvalue weighted by molar-refractivity contribution is -0.125. The molecule has 0 heterocycles. The number of ketones is 2.